The first-order valence-electron chi connectivity index (χ1n) is 17.6. The van der Waals surface area contributed by atoms with Crippen molar-refractivity contribution < 1.29 is 23.0 Å². The molecule has 3 saturated heterocycles. The SMILES string of the molecule is O=S(=O)(NCc1cccc(-c2cccc([C@@H]3O[C@H](CN4CCC[C@H]4CN4CCCC4)C[C@H](c4ccc(CO)cc4)O3)c2)c1)c1ccccc1. The molecule has 0 aromatic heterocycles. The van der Waals surface area contributed by atoms with Crippen LogP contribution in [0.15, 0.2) is 108 Å². The number of hydrogen-bond acceptors (Lipinski definition) is 7. The molecule has 7 rings (SSSR count). The zero-order valence-electron chi connectivity index (χ0n) is 28.0. The summed E-state index contributed by atoms with van der Waals surface area (Å²) in [5.41, 5.74) is 5.79. The Labute approximate surface area is 290 Å². The molecular weight excluding hydrogens is 635 g/mol. The maximum absolute atomic E-state index is 12.8. The molecule has 3 fully saturated rings. The van der Waals surface area contributed by atoms with Crippen LogP contribution in [-0.2, 0) is 32.6 Å². The Hall–Kier alpha value is -3.41. The molecular formula is C40H47N3O5S. The number of nitrogens with one attached hydrogen (secondary N) is 1. The lowest BCUT2D eigenvalue weighted by Crippen LogP contribution is -2.45. The summed E-state index contributed by atoms with van der Waals surface area (Å²) >= 11 is 0. The topological polar surface area (TPSA) is 91.3 Å². The van der Waals surface area contributed by atoms with Gasteiger partial charge < -0.3 is 19.5 Å². The number of aliphatic hydroxyl groups is 1. The van der Waals surface area contributed by atoms with Crippen molar-refractivity contribution in [2.75, 3.05) is 32.7 Å². The molecule has 3 aliphatic rings. The van der Waals surface area contributed by atoms with E-state index in [1.807, 2.05) is 42.5 Å². The van der Waals surface area contributed by atoms with Gasteiger partial charge in [-0.1, -0.05) is 78.9 Å². The van der Waals surface area contributed by atoms with Gasteiger partial charge in [0, 0.05) is 37.7 Å². The van der Waals surface area contributed by atoms with Crippen LogP contribution in [0.25, 0.3) is 11.1 Å². The predicted octanol–water partition coefficient (Wildman–Crippen LogP) is 6.43. The van der Waals surface area contributed by atoms with E-state index in [0.29, 0.717) is 6.04 Å². The average molecular weight is 682 g/mol. The molecule has 0 saturated carbocycles. The van der Waals surface area contributed by atoms with Crippen molar-refractivity contribution in [3.63, 3.8) is 0 Å². The number of nitrogens with zero attached hydrogens (tertiary/aromatic N) is 2. The molecule has 9 heteroatoms. The number of benzene rings is 4. The number of hydrogen-bond donors (Lipinski definition) is 2. The average Bonchev–Trinajstić information content (AvgIpc) is 3.83. The Morgan fingerprint density at radius 3 is 2.27 bits per heavy atom. The van der Waals surface area contributed by atoms with Crippen LogP contribution in [0.5, 0.6) is 0 Å². The van der Waals surface area contributed by atoms with Gasteiger partial charge in [-0.15, -0.1) is 0 Å². The van der Waals surface area contributed by atoms with Crippen molar-refractivity contribution in [1.82, 2.24) is 14.5 Å². The quantitative estimate of drug-likeness (QED) is 0.178. The maximum Gasteiger partial charge on any atom is 0.240 e. The van der Waals surface area contributed by atoms with E-state index in [2.05, 4.69) is 44.9 Å². The van der Waals surface area contributed by atoms with Crippen LogP contribution in [0.3, 0.4) is 0 Å². The summed E-state index contributed by atoms with van der Waals surface area (Å²) in [6, 6.07) is 33.3. The molecule has 4 aromatic rings. The Bertz CT molecular complexity index is 1780. The summed E-state index contributed by atoms with van der Waals surface area (Å²) in [4.78, 5) is 5.52. The minimum Gasteiger partial charge on any atom is -0.392 e. The standard InChI is InChI=1S/C40H47N3O5S/c44-29-30-16-18-32(19-17-30)39-25-37(28-43-22-8-13-36(43)27-42-20-4-5-21-42)47-40(48-39)35-12-7-11-34(24-35)33-10-6-9-31(23-33)26-41-49(45,46)38-14-2-1-3-15-38/h1-3,6-7,9-12,14-19,23-24,36-37,39-41,44H,4-5,8,13,20-22,25-29H2/t36-,37-,39+,40+/m0/s1. The van der Waals surface area contributed by atoms with Gasteiger partial charge in [-0.25, -0.2) is 13.1 Å². The van der Waals surface area contributed by atoms with Crippen LogP contribution >= 0.6 is 0 Å². The van der Waals surface area contributed by atoms with Gasteiger partial charge in [0.1, 0.15) is 0 Å². The van der Waals surface area contributed by atoms with E-state index < -0.39 is 16.3 Å². The van der Waals surface area contributed by atoms with Crippen LogP contribution in [0.1, 0.15) is 66.8 Å². The summed E-state index contributed by atoms with van der Waals surface area (Å²) in [7, 11) is -3.61. The number of sulfonamides is 1. The highest BCUT2D eigenvalue weighted by molar-refractivity contribution is 7.89. The molecule has 3 heterocycles. The van der Waals surface area contributed by atoms with Gasteiger partial charge in [0.05, 0.1) is 23.7 Å². The van der Waals surface area contributed by atoms with Crippen LogP contribution in [0.2, 0.25) is 0 Å². The molecule has 258 valence electrons. The van der Waals surface area contributed by atoms with Crippen molar-refractivity contribution in [1.29, 1.82) is 0 Å². The number of rotatable bonds is 12. The number of likely N-dealkylation sites (tertiary alicyclic amines) is 2. The van der Waals surface area contributed by atoms with Gasteiger partial charge in [0.25, 0.3) is 0 Å². The predicted molar refractivity (Wildman–Crippen MR) is 191 cm³/mol. The minimum atomic E-state index is -3.61. The lowest BCUT2D eigenvalue weighted by atomic mass is 9.98. The first-order chi connectivity index (χ1) is 23.9. The van der Waals surface area contributed by atoms with Crippen LogP contribution in [0.4, 0.5) is 0 Å². The van der Waals surface area contributed by atoms with Crippen molar-refractivity contribution in [3.05, 3.63) is 125 Å². The number of aliphatic hydroxyl groups excluding tert-OH is 1. The molecule has 2 N–H and O–H groups in total. The van der Waals surface area contributed by atoms with E-state index in [1.54, 1.807) is 30.3 Å². The first kappa shape index (κ1) is 34.1. The fourth-order valence-electron chi connectivity index (χ4n) is 7.49. The summed E-state index contributed by atoms with van der Waals surface area (Å²) in [6.45, 7) is 5.77. The van der Waals surface area contributed by atoms with E-state index in [0.717, 1.165) is 59.4 Å². The fraction of sp³-hybridized carbons (Fsp3) is 0.400. The third kappa shape index (κ3) is 8.49. The van der Waals surface area contributed by atoms with Crippen LogP contribution < -0.4 is 4.72 Å². The van der Waals surface area contributed by atoms with Gasteiger partial charge >= 0.3 is 0 Å². The summed E-state index contributed by atoms with van der Waals surface area (Å²) in [5, 5.41) is 9.62. The highest BCUT2D eigenvalue weighted by Gasteiger charge is 2.36. The molecule has 0 aliphatic carbocycles. The first-order valence-corrected chi connectivity index (χ1v) is 19.1. The minimum absolute atomic E-state index is 0.00469. The van der Waals surface area contributed by atoms with E-state index in [-0.39, 0.29) is 30.3 Å². The van der Waals surface area contributed by atoms with Crippen molar-refractivity contribution in [2.24, 2.45) is 0 Å². The summed E-state index contributed by atoms with van der Waals surface area (Å²) < 4.78 is 41.9. The lowest BCUT2D eigenvalue weighted by Gasteiger charge is -2.39. The smallest absolute Gasteiger partial charge is 0.240 e. The summed E-state index contributed by atoms with van der Waals surface area (Å²) in [5.74, 6) is 0. The molecule has 0 radical (unpaired) electrons. The third-order valence-corrected chi connectivity index (χ3v) is 11.6. The second-order valence-corrected chi connectivity index (χ2v) is 15.4. The van der Waals surface area contributed by atoms with Crippen molar-refractivity contribution >= 4 is 10.0 Å². The number of ether oxygens (including phenoxy) is 2. The van der Waals surface area contributed by atoms with Gasteiger partial charge in [-0.2, -0.15) is 0 Å². The normalized spacial score (nSPS) is 23.6. The van der Waals surface area contributed by atoms with Gasteiger partial charge in [0.15, 0.2) is 6.29 Å². The monoisotopic (exact) mass is 681 g/mol. The van der Waals surface area contributed by atoms with Gasteiger partial charge in [0.2, 0.25) is 10.0 Å². The Kier molecular flexibility index (Phi) is 10.9. The molecule has 4 aromatic carbocycles. The molecule has 8 nitrogen and oxygen atoms in total. The zero-order valence-corrected chi connectivity index (χ0v) is 28.8. The van der Waals surface area contributed by atoms with E-state index >= 15 is 0 Å². The van der Waals surface area contributed by atoms with Crippen LogP contribution in [-0.4, -0.2) is 68.2 Å². The molecule has 49 heavy (non-hydrogen) atoms. The van der Waals surface area contributed by atoms with Crippen molar-refractivity contribution in [2.45, 2.75) is 74.7 Å². The van der Waals surface area contributed by atoms with Gasteiger partial charge in [-0.3, -0.25) is 4.90 Å². The highest BCUT2D eigenvalue weighted by Crippen LogP contribution is 2.39. The second kappa shape index (κ2) is 15.6. The molecule has 4 atom stereocenters. The highest BCUT2D eigenvalue weighted by atomic mass is 32.2. The molecule has 0 amide bonds. The molecule has 0 unspecified atom stereocenters. The maximum atomic E-state index is 12.8. The molecule has 3 aliphatic heterocycles. The van der Waals surface area contributed by atoms with Crippen LogP contribution in [0, 0.1) is 0 Å². The fourth-order valence-corrected chi connectivity index (χ4v) is 8.53. The lowest BCUT2D eigenvalue weighted by molar-refractivity contribution is -0.253. The zero-order chi connectivity index (χ0) is 33.6. The largest absolute Gasteiger partial charge is 0.392 e. The Morgan fingerprint density at radius 1 is 0.735 bits per heavy atom. The third-order valence-electron chi connectivity index (χ3n) is 10.2. The van der Waals surface area contributed by atoms with E-state index in [4.69, 9.17) is 9.47 Å². The summed E-state index contributed by atoms with van der Waals surface area (Å²) in [6.07, 6.45) is 5.18. The molecule has 0 spiro atoms. The second-order valence-electron chi connectivity index (χ2n) is 13.6. The van der Waals surface area contributed by atoms with E-state index in [1.165, 1.54) is 38.8 Å². The van der Waals surface area contributed by atoms with Gasteiger partial charge in [-0.05, 0) is 97.4 Å². The van der Waals surface area contributed by atoms with E-state index in [9.17, 15) is 13.5 Å². The molecule has 0 bridgehead atoms. The van der Waals surface area contributed by atoms with Crippen molar-refractivity contribution in [3.8, 4) is 11.1 Å². The Morgan fingerprint density at radius 2 is 1.49 bits per heavy atom. The Balaban J connectivity index is 1.09.